The van der Waals surface area contributed by atoms with Crippen LogP contribution in [-0.2, 0) is 0 Å². The van der Waals surface area contributed by atoms with E-state index in [-0.39, 0.29) is 0 Å². The number of hydrogen-bond donors (Lipinski definition) is 0. The van der Waals surface area contributed by atoms with Crippen LogP contribution in [-0.4, -0.2) is 18.0 Å². The van der Waals surface area contributed by atoms with E-state index in [1.165, 1.54) is 0 Å². The molecule has 0 aromatic rings. The van der Waals surface area contributed by atoms with Gasteiger partial charge in [0.25, 0.3) is 11.8 Å². The summed E-state index contributed by atoms with van der Waals surface area (Å²) in [7, 11) is 0. The Hall–Kier alpha value is -0.350. The van der Waals surface area contributed by atoms with Gasteiger partial charge in [0.2, 0.25) is 0 Å². The second-order valence-corrected chi connectivity index (χ2v) is 2.75. The Morgan fingerprint density at radius 3 is 1.10 bits per heavy atom. The maximum Gasteiger partial charge on any atom is 0.270 e. The summed E-state index contributed by atoms with van der Waals surface area (Å²) in [5.41, 5.74) is 0. The van der Waals surface area contributed by atoms with E-state index in [9.17, 15) is 22.0 Å². The van der Waals surface area contributed by atoms with Crippen molar-refractivity contribution in [2.75, 3.05) is 0 Å². The molecular weight excluding hydrogens is 155 g/mol. The number of hydrogen-bond acceptors (Lipinski definition) is 0. The van der Waals surface area contributed by atoms with Gasteiger partial charge in [0.05, 0.1) is 0 Å². The van der Waals surface area contributed by atoms with Crippen molar-refractivity contribution in [3.8, 4) is 0 Å². The normalized spacial score (nSPS) is 53.1. The Labute approximate surface area is 53.0 Å². The van der Waals surface area contributed by atoms with Crippen molar-refractivity contribution in [2.24, 2.45) is 11.8 Å². The Bertz CT molecular complexity index is 154. The average molecular weight is 158 g/mol. The molecule has 0 spiro atoms. The van der Waals surface area contributed by atoms with Crippen LogP contribution in [0.15, 0.2) is 0 Å². The highest BCUT2D eigenvalue weighted by Crippen LogP contribution is 2.74. The molecule has 0 nitrogen and oxygen atoms in total. The molecule has 0 radical (unpaired) electrons. The summed E-state index contributed by atoms with van der Waals surface area (Å²) in [6.45, 7) is 0. The van der Waals surface area contributed by atoms with Crippen LogP contribution in [0.3, 0.4) is 0 Å². The van der Waals surface area contributed by atoms with E-state index in [4.69, 9.17) is 0 Å². The molecule has 0 aromatic heterocycles. The number of rotatable bonds is 0. The topological polar surface area (TPSA) is 0 Å². The van der Waals surface area contributed by atoms with E-state index in [1.54, 1.807) is 0 Å². The Kier molecular flexibility index (Phi) is 0.756. The molecule has 3 aliphatic rings. The third kappa shape index (κ3) is 0.338. The second kappa shape index (κ2) is 1.19. The van der Waals surface area contributed by atoms with Crippen LogP contribution >= 0.6 is 0 Å². The molecule has 3 rings (SSSR count). The van der Waals surface area contributed by atoms with Gasteiger partial charge in [0, 0.05) is 0 Å². The predicted molar refractivity (Wildman–Crippen MR) is 21.8 cm³/mol. The molecule has 0 heterocycles. The van der Waals surface area contributed by atoms with Crippen molar-refractivity contribution >= 4 is 0 Å². The smallest absolute Gasteiger partial charge is 0.246 e. The first kappa shape index (κ1) is 6.37. The van der Waals surface area contributed by atoms with Crippen molar-refractivity contribution < 1.29 is 22.0 Å². The lowest BCUT2D eigenvalue weighted by Gasteiger charge is -2.64. The zero-order valence-corrected chi connectivity index (χ0v) is 4.62. The van der Waals surface area contributed by atoms with Gasteiger partial charge >= 0.3 is 0 Å². The molecule has 0 aliphatic heterocycles. The third-order valence-electron chi connectivity index (χ3n) is 2.30. The molecule has 2 bridgehead atoms. The minimum Gasteiger partial charge on any atom is -0.246 e. The van der Waals surface area contributed by atoms with Crippen LogP contribution in [0, 0.1) is 11.8 Å². The maximum absolute atomic E-state index is 12.0. The zero-order chi connectivity index (χ0) is 7.73. The van der Waals surface area contributed by atoms with E-state index in [2.05, 4.69) is 0 Å². The third-order valence-corrected chi connectivity index (χ3v) is 2.30. The minimum absolute atomic E-state index is 1.98. The zero-order valence-electron chi connectivity index (χ0n) is 4.62. The predicted octanol–water partition coefficient (Wildman–Crippen LogP) is 1.85. The molecule has 0 saturated heterocycles. The average Bonchev–Trinajstić information content (AvgIpc) is 1.59. The first-order valence-electron chi connectivity index (χ1n) is 2.80. The Morgan fingerprint density at radius 1 is 0.800 bits per heavy atom. The molecule has 58 valence electrons. The summed E-state index contributed by atoms with van der Waals surface area (Å²) in [5.74, 6) is -11.5. The molecule has 0 unspecified atom stereocenters. The van der Waals surface area contributed by atoms with Gasteiger partial charge in [-0.3, -0.25) is 0 Å². The summed E-state index contributed by atoms with van der Waals surface area (Å²) >= 11 is 0. The van der Waals surface area contributed by atoms with Crippen LogP contribution in [0.2, 0.25) is 0 Å². The molecule has 3 fully saturated rings. The van der Waals surface area contributed by atoms with Crippen molar-refractivity contribution in [3.05, 3.63) is 0 Å². The highest BCUT2D eigenvalue weighted by Gasteiger charge is 2.92. The fraction of sp³-hybridized carbons (Fsp3) is 1.00. The Balaban J connectivity index is 2.23. The van der Waals surface area contributed by atoms with Gasteiger partial charge in [-0.25, -0.2) is 22.0 Å². The second-order valence-electron chi connectivity index (χ2n) is 2.75. The standard InChI is InChI=1S/C5H3F5/c6-1-2-4(7,8)3(1)5(2,9)10/h1-3H. The first-order valence-corrected chi connectivity index (χ1v) is 2.80. The molecule has 5 heteroatoms. The van der Waals surface area contributed by atoms with Crippen LogP contribution in [0.5, 0.6) is 0 Å². The van der Waals surface area contributed by atoms with Crippen molar-refractivity contribution in [3.63, 3.8) is 0 Å². The highest BCUT2D eigenvalue weighted by atomic mass is 19.3. The quantitative estimate of drug-likeness (QED) is 0.472. The van der Waals surface area contributed by atoms with Crippen molar-refractivity contribution in [1.82, 2.24) is 0 Å². The fourth-order valence-electron chi connectivity index (χ4n) is 1.61. The molecular formula is C5H3F5. The monoisotopic (exact) mass is 158 g/mol. The van der Waals surface area contributed by atoms with Gasteiger partial charge in [-0.15, -0.1) is 0 Å². The minimum atomic E-state index is -3.44. The lowest BCUT2D eigenvalue weighted by Crippen LogP contribution is -2.84. The van der Waals surface area contributed by atoms with Gasteiger partial charge in [0.15, 0.2) is 0 Å². The van der Waals surface area contributed by atoms with Crippen molar-refractivity contribution in [2.45, 2.75) is 18.0 Å². The lowest BCUT2D eigenvalue weighted by molar-refractivity contribution is -0.451. The van der Waals surface area contributed by atoms with Crippen molar-refractivity contribution in [1.29, 1.82) is 0 Å². The molecule has 0 atom stereocenters. The van der Waals surface area contributed by atoms with E-state index < -0.39 is 29.9 Å². The van der Waals surface area contributed by atoms with Gasteiger partial charge < -0.3 is 0 Å². The van der Waals surface area contributed by atoms with Crippen LogP contribution < -0.4 is 0 Å². The summed E-state index contributed by atoms with van der Waals surface area (Å²) in [6, 6.07) is 0. The SMILES string of the molecule is FC1C2C(F)(F)C1C2(F)F. The van der Waals surface area contributed by atoms with Gasteiger partial charge in [-0.2, -0.15) is 0 Å². The van der Waals surface area contributed by atoms with Crippen LogP contribution in [0.1, 0.15) is 0 Å². The fourth-order valence-corrected chi connectivity index (χ4v) is 1.61. The maximum atomic E-state index is 12.0. The molecule has 0 amide bonds. The summed E-state index contributed by atoms with van der Waals surface area (Å²) in [4.78, 5) is 0. The van der Waals surface area contributed by atoms with E-state index >= 15 is 0 Å². The van der Waals surface area contributed by atoms with E-state index in [0.717, 1.165) is 0 Å². The highest BCUT2D eigenvalue weighted by molar-refractivity contribution is 5.26. The molecule has 3 saturated carbocycles. The van der Waals surface area contributed by atoms with E-state index in [0.29, 0.717) is 0 Å². The van der Waals surface area contributed by atoms with E-state index in [1.807, 2.05) is 0 Å². The molecule has 3 aliphatic carbocycles. The largest absolute Gasteiger partial charge is 0.270 e. The summed E-state index contributed by atoms with van der Waals surface area (Å²) < 4.78 is 60.0. The first-order chi connectivity index (χ1) is 4.40. The molecule has 0 aromatic carbocycles. The Morgan fingerprint density at radius 2 is 1.10 bits per heavy atom. The summed E-state index contributed by atoms with van der Waals surface area (Å²) in [5, 5.41) is 0. The number of alkyl halides is 5. The van der Waals surface area contributed by atoms with Gasteiger partial charge in [-0.1, -0.05) is 0 Å². The molecule has 0 N–H and O–H groups in total. The lowest BCUT2D eigenvalue weighted by atomic mass is 9.47. The van der Waals surface area contributed by atoms with Gasteiger partial charge in [-0.05, 0) is 0 Å². The van der Waals surface area contributed by atoms with Crippen LogP contribution in [0.4, 0.5) is 22.0 Å². The van der Waals surface area contributed by atoms with Crippen LogP contribution in [0.25, 0.3) is 0 Å². The van der Waals surface area contributed by atoms with Gasteiger partial charge in [0.1, 0.15) is 18.0 Å². The molecule has 10 heavy (non-hydrogen) atoms. The summed E-state index contributed by atoms with van der Waals surface area (Å²) in [6.07, 6.45) is -1.98. The number of halogens is 5.